The van der Waals surface area contributed by atoms with E-state index in [9.17, 15) is 9.59 Å². The second kappa shape index (κ2) is 8.05. The molecule has 2 aromatic carbocycles. The Bertz CT molecular complexity index is 1000. The molecular weight excluding hydrogens is 350 g/mol. The molecule has 0 bridgehead atoms. The molecule has 0 aliphatic heterocycles. The highest BCUT2D eigenvalue weighted by Crippen LogP contribution is 2.17. The first-order valence-electron chi connectivity index (χ1n) is 8.06. The molecule has 1 aromatic heterocycles. The predicted molar refractivity (Wildman–Crippen MR) is 103 cm³/mol. The minimum absolute atomic E-state index is 0.116. The third-order valence-electron chi connectivity index (χ3n) is 3.90. The van der Waals surface area contributed by atoms with Crippen LogP contribution < -0.4 is 15.6 Å². The number of carbonyl (C=O) groups is 1. The Kier molecular flexibility index (Phi) is 5.58. The molecule has 0 fully saturated rings. The maximum atomic E-state index is 12.4. The molecule has 1 N–H and O–H groups in total. The summed E-state index contributed by atoms with van der Waals surface area (Å²) >= 11 is 1.24. The van der Waals surface area contributed by atoms with Gasteiger partial charge in [0.2, 0.25) is 5.91 Å². The van der Waals surface area contributed by atoms with Crippen LogP contribution in [0.5, 0.6) is 5.75 Å². The summed E-state index contributed by atoms with van der Waals surface area (Å²) in [5.41, 5.74) is 1.48. The van der Waals surface area contributed by atoms with Crippen LogP contribution >= 0.6 is 11.8 Å². The van der Waals surface area contributed by atoms with Crippen LogP contribution in [0.15, 0.2) is 58.5 Å². The minimum Gasteiger partial charge on any atom is -0.497 e. The molecule has 3 aromatic rings. The number of fused-ring (bicyclic) bond motifs is 1. The summed E-state index contributed by atoms with van der Waals surface area (Å²) in [6.45, 7) is 0.417. The van der Waals surface area contributed by atoms with Gasteiger partial charge >= 0.3 is 0 Å². The summed E-state index contributed by atoms with van der Waals surface area (Å²) in [4.78, 5) is 29.0. The summed E-state index contributed by atoms with van der Waals surface area (Å²) in [7, 11) is 3.27. The lowest BCUT2D eigenvalue weighted by molar-refractivity contribution is -0.118. The second-order valence-corrected chi connectivity index (χ2v) is 6.64. The highest BCUT2D eigenvalue weighted by molar-refractivity contribution is 7.99. The van der Waals surface area contributed by atoms with Gasteiger partial charge in [-0.1, -0.05) is 36.0 Å². The number of amides is 1. The van der Waals surface area contributed by atoms with Crippen LogP contribution in [0.25, 0.3) is 10.9 Å². The van der Waals surface area contributed by atoms with Crippen LogP contribution in [0, 0.1) is 0 Å². The number of nitrogens with zero attached hydrogens (tertiary/aromatic N) is 2. The van der Waals surface area contributed by atoms with Gasteiger partial charge in [-0.15, -0.1) is 0 Å². The molecule has 0 radical (unpaired) electrons. The number of para-hydroxylation sites is 1. The molecule has 1 amide bonds. The fraction of sp³-hybridized carbons (Fsp3) is 0.211. The third kappa shape index (κ3) is 4.05. The number of hydrogen-bond donors (Lipinski definition) is 1. The molecule has 7 heteroatoms. The van der Waals surface area contributed by atoms with E-state index in [1.807, 2.05) is 36.4 Å². The van der Waals surface area contributed by atoms with Crippen LogP contribution in [0.2, 0.25) is 0 Å². The van der Waals surface area contributed by atoms with Gasteiger partial charge in [-0.05, 0) is 29.8 Å². The Morgan fingerprint density at radius 3 is 2.85 bits per heavy atom. The Balaban J connectivity index is 1.63. The summed E-state index contributed by atoms with van der Waals surface area (Å²) < 4.78 is 6.64. The number of benzene rings is 2. The molecule has 0 saturated carbocycles. The standard InChI is InChI=1S/C19H19N3O3S/c1-22-18(24)15-8-3-4-9-16(15)21-19(22)26-12-17(23)20-11-13-6-5-7-14(10-13)25-2/h3-10H,11-12H2,1-2H3,(H,20,23). The SMILES string of the molecule is COc1cccc(CNC(=O)CSc2nc3ccccc3c(=O)n2C)c1. The number of nitrogens with one attached hydrogen (secondary N) is 1. The first-order valence-corrected chi connectivity index (χ1v) is 9.05. The summed E-state index contributed by atoms with van der Waals surface area (Å²) in [5, 5.41) is 3.95. The largest absolute Gasteiger partial charge is 0.497 e. The van der Waals surface area contributed by atoms with Gasteiger partial charge in [-0.25, -0.2) is 4.98 Å². The molecule has 0 aliphatic rings. The maximum Gasteiger partial charge on any atom is 0.261 e. The minimum atomic E-state index is -0.125. The number of thioether (sulfide) groups is 1. The zero-order valence-corrected chi connectivity index (χ0v) is 15.4. The van der Waals surface area contributed by atoms with Gasteiger partial charge in [0.05, 0.1) is 23.8 Å². The smallest absolute Gasteiger partial charge is 0.261 e. The van der Waals surface area contributed by atoms with Crippen LogP contribution in [0.1, 0.15) is 5.56 Å². The van der Waals surface area contributed by atoms with Crippen molar-refractivity contribution in [3.63, 3.8) is 0 Å². The molecule has 0 atom stereocenters. The molecule has 0 aliphatic carbocycles. The van der Waals surface area contributed by atoms with Gasteiger partial charge in [0.25, 0.3) is 5.56 Å². The lowest BCUT2D eigenvalue weighted by Crippen LogP contribution is -2.26. The van der Waals surface area contributed by atoms with E-state index in [4.69, 9.17) is 4.74 Å². The van der Waals surface area contributed by atoms with Crippen molar-refractivity contribution in [2.24, 2.45) is 7.05 Å². The molecule has 6 nitrogen and oxygen atoms in total. The van der Waals surface area contributed by atoms with Gasteiger partial charge in [0.1, 0.15) is 5.75 Å². The average molecular weight is 369 g/mol. The highest BCUT2D eigenvalue weighted by Gasteiger charge is 2.10. The zero-order chi connectivity index (χ0) is 18.5. The van der Waals surface area contributed by atoms with Gasteiger partial charge in [0, 0.05) is 13.6 Å². The fourth-order valence-electron chi connectivity index (χ4n) is 2.49. The van der Waals surface area contributed by atoms with E-state index in [1.54, 1.807) is 26.3 Å². The first-order chi connectivity index (χ1) is 12.6. The summed E-state index contributed by atoms with van der Waals surface area (Å²) in [6, 6.07) is 14.7. The topological polar surface area (TPSA) is 73.2 Å². The number of ether oxygens (including phenoxy) is 1. The lowest BCUT2D eigenvalue weighted by Gasteiger charge is -2.09. The summed E-state index contributed by atoms with van der Waals surface area (Å²) in [6.07, 6.45) is 0. The molecule has 0 unspecified atom stereocenters. The highest BCUT2D eigenvalue weighted by atomic mass is 32.2. The van der Waals surface area contributed by atoms with Crippen molar-refractivity contribution in [1.82, 2.24) is 14.9 Å². The Hall–Kier alpha value is -2.80. The van der Waals surface area contributed by atoms with Crippen molar-refractivity contribution >= 4 is 28.6 Å². The number of aromatic nitrogens is 2. The van der Waals surface area contributed by atoms with Gasteiger partial charge < -0.3 is 10.1 Å². The van der Waals surface area contributed by atoms with Crippen molar-refractivity contribution in [3.8, 4) is 5.75 Å². The third-order valence-corrected chi connectivity index (χ3v) is 4.93. The second-order valence-electron chi connectivity index (χ2n) is 5.69. The van der Waals surface area contributed by atoms with E-state index in [1.165, 1.54) is 16.3 Å². The van der Waals surface area contributed by atoms with Crippen LogP contribution in [0.3, 0.4) is 0 Å². The van der Waals surface area contributed by atoms with Gasteiger partial charge in [-0.3, -0.25) is 14.2 Å². The molecule has 3 rings (SSSR count). The number of hydrogen-bond acceptors (Lipinski definition) is 5. The average Bonchev–Trinajstić information content (AvgIpc) is 2.68. The fourth-order valence-corrected chi connectivity index (χ4v) is 3.29. The van der Waals surface area contributed by atoms with E-state index in [0.29, 0.717) is 22.6 Å². The van der Waals surface area contributed by atoms with E-state index in [0.717, 1.165) is 11.3 Å². The van der Waals surface area contributed by atoms with Crippen molar-refractivity contribution in [2.75, 3.05) is 12.9 Å². The number of methoxy groups -OCH3 is 1. The Morgan fingerprint density at radius 2 is 2.04 bits per heavy atom. The molecule has 26 heavy (non-hydrogen) atoms. The number of rotatable bonds is 6. The Labute approximate surface area is 155 Å². The van der Waals surface area contributed by atoms with Crippen LogP contribution in [0.4, 0.5) is 0 Å². The maximum absolute atomic E-state index is 12.4. The quantitative estimate of drug-likeness (QED) is 0.533. The van der Waals surface area contributed by atoms with E-state index < -0.39 is 0 Å². The lowest BCUT2D eigenvalue weighted by atomic mass is 10.2. The van der Waals surface area contributed by atoms with E-state index >= 15 is 0 Å². The molecule has 0 spiro atoms. The normalized spacial score (nSPS) is 10.7. The molecule has 0 saturated heterocycles. The zero-order valence-electron chi connectivity index (χ0n) is 14.6. The van der Waals surface area contributed by atoms with Crippen molar-refractivity contribution in [2.45, 2.75) is 11.7 Å². The monoisotopic (exact) mass is 369 g/mol. The van der Waals surface area contributed by atoms with Crippen molar-refractivity contribution in [1.29, 1.82) is 0 Å². The van der Waals surface area contributed by atoms with E-state index in [2.05, 4.69) is 10.3 Å². The Morgan fingerprint density at radius 1 is 1.23 bits per heavy atom. The van der Waals surface area contributed by atoms with Gasteiger partial charge in [-0.2, -0.15) is 0 Å². The summed E-state index contributed by atoms with van der Waals surface area (Å²) in [5.74, 6) is 0.810. The first kappa shape index (κ1) is 18.0. The predicted octanol–water partition coefficient (Wildman–Crippen LogP) is 2.35. The number of carbonyl (C=O) groups excluding carboxylic acids is 1. The molecular formula is C19H19N3O3S. The van der Waals surface area contributed by atoms with Crippen molar-refractivity contribution < 1.29 is 9.53 Å². The van der Waals surface area contributed by atoms with E-state index in [-0.39, 0.29) is 17.2 Å². The molecule has 134 valence electrons. The van der Waals surface area contributed by atoms with Crippen LogP contribution in [-0.2, 0) is 18.4 Å². The van der Waals surface area contributed by atoms with Crippen LogP contribution in [-0.4, -0.2) is 28.3 Å². The van der Waals surface area contributed by atoms with Crippen molar-refractivity contribution in [3.05, 3.63) is 64.4 Å². The van der Waals surface area contributed by atoms with Gasteiger partial charge in [0.15, 0.2) is 5.16 Å². The molecule has 1 heterocycles.